The van der Waals surface area contributed by atoms with E-state index in [1.807, 2.05) is 24.3 Å². The summed E-state index contributed by atoms with van der Waals surface area (Å²) in [7, 11) is 0. The van der Waals surface area contributed by atoms with Crippen LogP contribution in [0.4, 0.5) is 0 Å². The summed E-state index contributed by atoms with van der Waals surface area (Å²) in [5.74, 6) is 0.365. The number of rotatable bonds is 6. The zero-order chi connectivity index (χ0) is 15.8. The van der Waals surface area contributed by atoms with Crippen molar-refractivity contribution >= 4 is 23.7 Å². The number of halogens is 1. The molecule has 4 nitrogen and oxygen atoms in total. The van der Waals surface area contributed by atoms with E-state index in [0.717, 1.165) is 5.56 Å². The van der Waals surface area contributed by atoms with Gasteiger partial charge in [0.25, 0.3) is 5.91 Å². The van der Waals surface area contributed by atoms with Gasteiger partial charge in [-0.1, -0.05) is 36.4 Å². The second-order valence-corrected chi connectivity index (χ2v) is 4.78. The number of benzene rings is 2. The number of carbonyl (C=O) groups is 1. The van der Waals surface area contributed by atoms with Gasteiger partial charge in [-0.25, -0.2) is 5.43 Å². The van der Waals surface area contributed by atoms with Crippen molar-refractivity contribution in [1.29, 1.82) is 0 Å². The van der Waals surface area contributed by atoms with Crippen LogP contribution in [0.25, 0.3) is 0 Å². The van der Waals surface area contributed by atoms with Gasteiger partial charge in [-0.15, -0.1) is 0 Å². The van der Waals surface area contributed by atoms with Crippen molar-refractivity contribution in [2.24, 2.45) is 5.10 Å². The van der Waals surface area contributed by atoms with E-state index in [9.17, 15) is 4.79 Å². The summed E-state index contributed by atoms with van der Waals surface area (Å²) in [6.45, 7) is 4.01. The van der Waals surface area contributed by atoms with Crippen molar-refractivity contribution in [1.82, 2.24) is 5.43 Å². The summed E-state index contributed by atoms with van der Waals surface area (Å²) in [4.78, 5) is 11.9. The van der Waals surface area contributed by atoms with E-state index in [-0.39, 0.29) is 5.91 Å². The summed E-state index contributed by atoms with van der Waals surface area (Å²) in [5.41, 5.74) is 3.71. The molecule has 22 heavy (non-hydrogen) atoms. The van der Waals surface area contributed by atoms with Crippen LogP contribution in [-0.2, 0) is 0 Å². The molecule has 1 amide bonds. The van der Waals surface area contributed by atoms with Crippen LogP contribution < -0.4 is 10.2 Å². The van der Waals surface area contributed by atoms with Crippen molar-refractivity contribution in [2.45, 2.75) is 0 Å². The molecule has 2 rings (SSSR count). The van der Waals surface area contributed by atoms with E-state index in [0.29, 0.717) is 22.9 Å². The number of ether oxygens (including phenoxy) is 1. The van der Waals surface area contributed by atoms with Crippen LogP contribution in [0.1, 0.15) is 15.9 Å². The van der Waals surface area contributed by atoms with Crippen molar-refractivity contribution < 1.29 is 9.53 Å². The summed E-state index contributed by atoms with van der Waals surface area (Å²) in [5, 5.41) is 4.52. The molecule has 0 radical (unpaired) electrons. The Kier molecular flexibility index (Phi) is 5.74. The highest BCUT2D eigenvalue weighted by molar-refractivity contribution is 6.30. The molecule has 0 atom stereocenters. The molecule has 0 saturated heterocycles. The molecule has 5 heteroatoms. The van der Waals surface area contributed by atoms with Gasteiger partial charge in [-0.2, -0.15) is 5.10 Å². The van der Waals surface area contributed by atoms with Gasteiger partial charge in [-0.3, -0.25) is 4.79 Å². The van der Waals surface area contributed by atoms with Crippen molar-refractivity contribution in [3.8, 4) is 5.75 Å². The van der Waals surface area contributed by atoms with E-state index in [4.69, 9.17) is 16.3 Å². The Morgan fingerprint density at radius 3 is 2.68 bits per heavy atom. The minimum atomic E-state index is -0.308. The van der Waals surface area contributed by atoms with Gasteiger partial charge in [0, 0.05) is 16.1 Å². The van der Waals surface area contributed by atoms with Crippen LogP contribution in [0, 0.1) is 0 Å². The molecular weight excluding hydrogens is 300 g/mol. The minimum Gasteiger partial charge on any atom is -0.489 e. The van der Waals surface area contributed by atoms with Crippen LogP contribution in [0.3, 0.4) is 0 Å². The second kappa shape index (κ2) is 8.00. The van der Waals surface area contributed by atoms with Crippen molar-refractivity contribution in [3.63, 3.8) is 0 Å². The lowest BCUT2D eigenvalue weighted by molar-refractivity contribution is 0.0955. The summed E-state index contributed by atoms with van der Waals surface area (Å²) in [6, 6.07) is 14.0. The highest BCUT2D eigenvalue weighted by atomic mass is 35.5. The number of nitrogens with zero attached hydrogens (tertiary/aromatic N) is 1. The summed E-state index contributed by atoms with van der Waals surface area (Å²) < 4.78 is 5.50. The van der Waals surface area contributed by atoms with E-state index in [1.54, 1.807) is 30.3 Å². The third-order valence-electron chi connectivity index (χ3n) is 2.75. The molecule has 0 heterocycles. The maximum Gasteiger partial charge on any atom is 0.271 e. The second-order valence-electron chi connectivity index (χ2n) is 4.34. The smallest absolute Gasteiger partial charge is 0.271 e. The molecule has 1 N–H and O–H groups in total. The molecule has 112 valence electrons. The highest BCUT2D eigenvalue weighted by Crippen LogP contribution is 2.15. The zero-order valence-electron chi connectivity index (χ0n) is 11.8. The fourth-order valence-corrected chi connectivity index (χ4v) is 1.82. The van der Waals surface area contributed by atoms with Gasteiger partial charge in [-0.05, 0) is 36.4 Å². The first-order chi connectivity index (χ1) is 10.7. The number of hydrogen-bond acceptors (Lipinski definition) is 3. The van der Waals surface area contributed by atoms with Crippen LogP contribution >= 0.6 is 11.6 Å². The topological polar surface area (TPSA) is 50.7 Å². The number of amides is 1. The van der Waals surface area contributed by atoms with Gasteiger partial charge in [0.15, 0.2) is 0 Å². The number of nitrogens with one attached hydrogen (secondary N) is 1. The van der Waals surface area contributed by atoms with Crippen LogP contribution in [-0.4, -0.2) is 18.7 Å². The Morgan fingerprint density at radius 2 is 1.95 bits per heavy atom. The quantitative estimate of drug-likeness (QED) is 0.502. The molecule has 2 aromatic rings. The summed E-state index contributed by atoms with van der Waals surface area (Å²) in [6.07, 6.45) is 3.20. The van der Waals surface area contributed by atoms with Gasteiger partial charge >= 0.3 is 0 Å². The average molecular weight is 315 g/mol. The molecule has 0 aliphatic heterocycles. The Labute approximate surface area is 134 Å². The van der Waals surface area contributed by atoms with E-state index in [1.165, 1.54) is 6.21 Å². The average Bonchev–Trinajstić information content (AvgIpc) is 2.54. The highest BCUT2D eigenvalue weighted by Gasteiger charge is 2.04. The lowest BCUT2D eigenvalue weighted by Crippen LogP contribution is -2.17. The zero-order valence-corrected chi connectivity index (χ0v) is 12.6. The van der Waals surface area contributed by atoms with E-state index >= 15 is 0 Å². The molecule has 0 unspecified atom stereocenters. The largest absolute Gasteiger partial charge is 0.489 e. The van der Waals surface area contributed by atoms with Crippen LogP contribution in [0.15, 0.2) is 66.3 Å². The summed E-state index contributed by atoms with van der Waals surface area (Å²) >= 11 is 5.78. The Balaban J connectivity index is 2.01. The van der Waals surface area contributed by atoms with Gasteiger partial charge in [0.2, 0.25) is 0 Å². The molecule has 0 aromatic heterocycles. The third-order valence-corrected chi connectivity index (χ3v) is 3.00. The molecule has 0 saturated carbocycles. The predicted molar refractivity (Wildman–Crippen MR) is 88.6 cm³/mol. The number of hydrazone groups is 1. The van der Waals surface area contributed by atoms with Crippen molar-refractivity contribution in [3.05, 3.63) is 77.3 Å². The lowest BCUT2D eigenvalue weighted by Gasteiger charge is -2.06. The molecule has 0 bridgehead atoms. The maximum absolute atomic E-state index is 11.9. The van der Waals surface area contributed by atoms with Gasteiger partial charge < -0.3 is 4.74 Å². The Morgan fingerprint density at radius 1 is 1.23 bits per heavy atom. The molecule has 0 aliphatic carbocycles. The van der Waals surface area contributed by atoms with Crippen molar-refractivity contribution in [2.75, 3.05) is 6.61 Å². The van der Waals surface area contributed by atoms with Crippen LogP contribution in [0.2, 0.25) is 5.02 Å². The predicted octanol–water partition coefficient (Wildman–Crippen LogP) is 3.67. The normalized spacial score (nSPS) is 10.4. The lowest BCUT2D eigenvalue weighted by atomic mass is 10.2. The SMILES string of the molecule is C=CCOc1ccccc1/C=N\NC(=O)c1ccc(Cl)cc1. The maximum atomic E-state index is 11.9. The fraction of sp³-hybridized carbons (Fsp3) is 0.0588. The van der Waals surface area contributed by atoms with Gasteiger partial charge in [0.1, 0.15) is 12.4 Å². The first-order valence-corrected chi connectivity index (χ1v) is 7.00. The first-order valence-electron chi connectivity index (χ1n) is 6.62. The monoisotopic (exact) mass is 314 g/mol. The minimum absolute atomic E-state index is 0.308. The Hall–Kier alpha value is -2.59. The number of hydrogen-bond donors (Lipinski definition) is 1. The number of para-hydroxylation sites is 1. The van der Waals surface area contributed by atoms with Gasteiger partial charge in [0.05, 0.1) is 6.21 Å². The first kappa shape index (κ1) is 15.8. The van der Waals surface area contributed by atoms with Crippen LogP contribution in [0.5, 0.6) is 5.75 Å². The van der Waals surface area contributed by atoms with E-state index < -0.39 is 0 Å². The standard InChI is InChI=1S/C17H15ClN2O2/c1-2-11-22-16-6-4-3-5-14(16)12-19-20-17(21)13-7-9-15(18)10-8-13/h2-10,12H,1,11H2,(H,20,21)/b19-12-. The molecule has 2 aromatic carbocycles. The molecular formula is C17H15ClN2O2. The molecule has 0 aliphatic rings. The fourth-order valence-electron chi connectivity index (χ4n) is 1.69. The number of carbonyl (C=O) groups excluding carboxylic acids is 1. The molecule has 0 spiro atoms. The van der Waals surface area contributed by atoms with E-state index in [2.05, 4.69) is 17.1 Å². The molecule has 0 fully saturated rings. The Bertz CT molecular complexity index is 681. The third kappa shape index (κ3) is 4.46.